The van der Waals surface area contributed by atoms with Crippen LogP contribution < -0.4 is 10.2 Å². The minimum atomic E-state index is -6.27. The standard InChI is InChI=1S/C26H18BrF7N2O2/c1-2-14-10-17(24(28,25(29,30)31)26(32,33)34)12-20(27)21(14)35-22(37)15-7-5-8-18(11-15)36-13-16-6-3-4-9-19(16)23(36)38/h3-12H,2,13H2,1H3,(H,35,37). The summed E-state index contributed by atoms with van der Waals surface area (Å²) in [5, 5.41) is 2.47. The molecule has 0 bridgehead atoms. The van der Waals surface area contributed by atoms with Gasteiger partial charge in [-0.15, -0.1) is 0 Å². The lowest BCUT2D eigenvalue weighted by molar-refractivity contribution is -0.348. The number of rotatable bonds is 5. The fraction of sp³-hybridized carbons (Fsp3) is 0.231. The van der Waals surface area contributed by atoms with Gasteiger partial charge in [0.25, 0.3) is 11.8 Å². The van der Waals surface area contributed by atoms with Crippen LogP contribution in [0.15, 0.2) is 65.1 Å². The van der Waals surface area contributed by atoms with E-state index in [1.54, 1.807) is 30.3 Å². The van der Waals surface area contributed by atoms with E-state index in [0.29, 0.717) is 23.4 Å². The van der Waals surface area contributed by atoms with Crippen molar-refractivity contribution in [2.24, 2.45) is 0 Å². The molecule has 2 amide bonds. The summed E-state index contributed by atoms with van der Waals surface area (Å²) in [7, 11) is 0. The molecule has 0 spiro atoms. The average molecular weight is 603 g/mol. The molecule has 0 aliphatic carbocycles. The highest BCUT2D eigenvalue weighted by molar-refractivity contribution is 9.10. The second-order valence-electron chi connectivity index (χ2n) is 8.55. The van der Waals surface area contributed by atoms with Gasteiger partial charge in [0.15, 0.2) is 0 Å². The molecular formula is C26H18BrF7N2O2. The second kappa shape index (κ2) is 9.72. The third-order valence-corrected chi connectivity index (χ3v) is 6.84. The van der Waals surface area contributed by atoms with Crippen LogP contribution >= 0.6 is 15.9 Å². The van der Waals surface area contributed by atoms with Gasteiger partial charge in [0.05, 0.1) is 12.2 Å². The molecule has 1 N–H and O–H groups in total. The number of carbonyl (C=O) groups excluding carboxylic acids is 2. The summed E-state index contributed by atoms with van der Waals surface area (Å²) in [5.74, 6) is -0.994. The van der Waals surface area contributed by atoms with Gasteiger partial charge < -0.3 is 10.2 Å². The molecule has 3 aromatic carbocycles. The molecule has 0 aromatic heterocycles. The van der Waals surface area contributed by atoms with Gasteiger partial charge in [-0.05, 0) is 69.9 Å². The van der Waals surface area contributed by atoms with Crippen LogP contribution in [0.1, 0.15) is 44.3 Å². The molecule has 0 fully saturated rings. The molecular weight excluding hydrogens is 585 g/mol. The Morgan fingerprint density at radius 1 is 0.947 bits per heavy atom. The van der Waals surface area contributed by atoms with Crippen molar-refractivity contribution in [3.63, 3.8) is 0 Å². The number of amides is 2. The first kappa shape index (κ1) is 27.6. The van der Waals surface area contributed by atoms with Gasteiger partial charge >= 0.3 is 18.0 Å². The summed E-state index contributed by atoms with van der Waals surface area (Å²) in [6.45, 7) is 1.72. The fourth-order valence-electron chi connectivity index (χ4n) is 4.23. The zero-order valence-electron chi connectivity index (χ0n) is 19.5. The molecule has 38 heavy (non-hydrogen) atoms. The minimum absolute atomic E-state index is 0.0784. The number of aryl methyl sites for hydroxylation is 1. The molecule has 0 saturated carbocycles. The third kappa shape index (κ3) is 4.65. The lowest BCUT2D eigenvalue weighted by Crippen LogP contribution is -2.50. The molecule has 4 nitrogen and oxygen atoms in total. The predicted octanol–water partition coefficient (Wildman–Crippen LogP) is 7.71. The summed E-state index contributed by atoms with van der Waals surface area (Å²) >= 11 is 2.89. The van der Waals surface area contributed by atoms with Crippen LogP contribution in [0.3, 0.4) is 0 Å². The number of alkyl halides is 7. The monoisotopic (exact) mass is 602 g/mol. The Hall–Kier alpha value is -3.41. The average Bonchev–Trinajstić information content (AvgIpc) is 3.19. The molecule has 1 aliphatic heterocycles. The Balaban J connectivity index is 1.65. The molecule has 0 radical (unpaired) electrons. The van der Waals surface area contributed by atoms with E-state index in [2.05, 4.69) is 21.2 Å². The van der Waals surface area contributed by atoms with Gasteiger partial charge in [0.2, 0.25) is 0 Å². The number of fused-ring (bicyclic) bond motifs is 1. The Bertz CT molecular complexity index is 1410. The number of halogens is 8. The first-order chi connectivity index (χ1) is 17.7. The predicted molar refractivity (Wildman–Crippen MR) is 130 cm³/mol. The second-order valence-corrected chi connectivity index (χ2v) is 9.41. The van der Waals surface area contributed by atoms with Crippen molar-refractivity contribution in [3.8, 4) is 0 Å². The maximum Gasteiger partial charge on any atom is 0.435 e. The van der Waals surface area contributed by atoms with Crippen LogP contribution in [0.2, 0.25) is 0 Å². The summed E-state index contributed by atoms with van der Waals surface area (Å²) in [6.07, 6.45) is -12.7. The zero-order valence-corrected chi connectivity index (χ0v) is 21.1. The van der Waals surface area contributed by atoms with Crippen molar-refractivity contribution in [1.29, 1.82) is 0 Å². The van der Waals surface area contributed by atoms with Crippen LogP contribution in [0.5, 0.6) is 0 Å². The highest BCUT2D eigenvalue weighted by Gasteiger charge is 2.73. The van der Waals surface area contributed by atoms with Gasteiger partial charge in [-0.1, -0.05) is 31.2 Å². The molecule has 1 heterocycles. The highest BCUT2D eigenvalue weighted by Crippen LogP contribution is 2.54. The molecule has 0 atom stereocenters. The number of hydrogen-bond donors (Lipinski definition) is 1. The van der Waals surface area contributed by atoms with Crippen LogP contribution in [0.4, 0.5) is 42.1 Å². The van der Waals surface area contributed by atoms with Gasteiger partial charge in [-0.3, -0.25) is 9.59 Å². The smallest absolute Gasteiger partial charge is 0.321 e. The van der Waals surface area contributed by atoms with Crippen molar-refractivity contribution in [2.75, 3.05) is 10.2 Å². The number of nitrogens with zero attached hydrogens (tertiary/aromatic N) is 1. The van der Waals surface area contributed by atoms with Gasteiger partial charge in [-0.2, -0.15) is 26.3 Å². The molecule has 3 aromatic rings. The van der Waals surface area contributed by atoms with Gasteiger partial charge in [0.1, 0.15) is 0 Å². The number of hydrogen-bond acceptors (Lipinski definition) is 2. The SMILES string of the molecule is CCc1cc(C(F)(C(F)(F)F)C(F)(F)F)cc(Br)c1NC(=O)c1cccc(N2Cc3ccccc3C2=O)c1. The quantitative estimate of drug-likeness (QED) is 0.304. The summed E-state index contributed by atoms with van der Waals surface area (Å²) in [5.41, 5.74) is -5.69. The first-order valence-corrected chi connectivity index (χ1v) is 11.9. The minimum Gasteiger partial charge on any atom is -0.321 e. The molecule has 200 valence electrons. The van der Waals surface area contributed by atoms with Crippen molar-refractivity contribution in [3.05, 3.63) is 93.0 Å². The topological polar surface area (TPSA) is 49.4 Å². The highest BCUT2D eigenvalue weighted by atomic mass is 79.9. The molecule has 0 saturated heterocycles. The van der Waals surface area contributed by atoms with Crippen LogP contribution in [-0.4, -0.2) is 24.2 Å². The van der Waals surface area contributed by atoms with Gasteiger partial charge in [-0.25, -0.2) is 4.39 Å². The Morgan fingerprint density at radius 2 is 1.61 bits per heavy atom. The normalized spacial score (nSPS) is 14.0. The molecule has 4 rings (SSSR count). The van der Waals surface area contributed by atoms with Crippen molar-refractivity contribution in [1.82, 2.24) is 0 Å². The van der Waals surface area contributed by atoms with E-state index in [-0.39, 0.29) is 40.2 Å². The van der Waals surface area contributed by atoms with E-state index >= 15 is 0 Å². The van der Waals surface area contributed by atoms with E-state index in [0.717, 1.165) is 5.56 Å². The first-order valence-electron chi connectivity index (χ1n) is 11.2. The van der Waals surface area contributed by atoms with Crippen molar-refractivity contribution < 1.29 is 40.3 Å². The van der Waals surface area contributed by atoms with Gasteiger partial charge in [0, 0.05) is 26.9 Å². The van der Waals surface area contributed by atoms with Crippen LogP contribution in [-0.2, 0) is 18.6 Å². The van der Waals surface area contributed by atoms with E-state index in [1.807, 2.05) is 0 Å². The largest absolute Gasteiger partial charge is 0.435 e. The number of anilines is 2. The van der Waals surface area contributed by atoms with Crippen LogP contribution in [0.25, 0.3) is 0 Å². The molecule has 0 unspecified atom stereocenters. The Kier molecular flexibility index (Phi) is 7.06. The summed E-state index contributed by atoms with van der Waals surface area (Å²) < 4.78 is 93.8. The zero-order chi connectivity index (χ0) is 28.0. The lowest BCUT2D eigenvalue weighted by atomic mass is 9.91. The maximum atomic E-state index is 14.6. The fourth-order valence-corrected chi connectivity index (χ4v) is 4.83. The third-order valence-electron chi connectivity index (χ3n) is 6.21. The molecule has 12 heteroatoms. The van der Waals surface area contributed by atoms with E-state index < -0.39 is 29.5 Å². The van der Waals surface area contributed by atoms with Crippen molar-refractivity contribution in [2.45, 2.75) is 37.9 Å². The van der Waals surface area contributed by atoms with E-state index in [9.17, 15) is 40.3 Å². The maximum absolute atomic E-state index is 14.6. The Labute approximate surface area is 220 Å². The molecule has 1 aliphatic rings. The number of benzene rings is 3. The summed E-state index contributed by atoms with van der Waals surface area (Å²) in [6, 6.07) is 13.8. The Morgan fingerprint density at radius 3 is 2.21 bits per heavy atom. The van der Waals surface area contributed by atoms with Crippen molar-refractivity contribution >= 4 is 39.1 Å². The lowest BCUT2D eigenvalue weighted by Gasteiger charge is -2.31. The van der Waals surface area contributed by atoms with E-state index in [1.165, 1.54) is 30.0 Å². The summed E-state index contributed by atoms with van der Waals surface area (Å²) in [4.78, 5) is 27.3. The number of carbonyl (C=O) groups is 2. The van der Waals surface area contributed by atoms with E-state index in [4.69, 9.17) is 0 Å². The number of nitrogens with one attached hydrogen (secondary N) is 1. The van der Waals surface area contributed by atoms with Crippen LogP contribution in [0, 0.1) is 0 Å².